The molecule has 0 saturated carbocycles. The topological polar surface area (TPSA) is 124 Å². The van der Waals surface area contributed by atoms with Crippen LogP contribution >= 0.6 is 21.6 Å². The Hall–Kier alpha value is -2.38. The number of unbranched alkanes of at least 4 members (excludes halogenated alkanes) is 10. The van der Waals surface area contributed by atoms with Gasteiger partial charge >= 0.3 is 24.1 Å². The van der Waals surface area contributed by atoms with E-state index in [2.05, 4.69) is 19.2 Å². The fraction of sp³-hybridized carbons (Fsp3) is 0.778. The Kier molecular flexibility index (Phi) is 33.7. The molecule has 13 heteroatoms. The van der Waals surface area contributed by atoms with Gasteiger partial charge in [-0.05, 0) is 65.5 Å². The van der Waals surface area contributed by atoms with Crippen molar-refractivity contribution in [3.63, 3.8) is 0 Å². The number of nitrogens with zero attached hydrogens (tertiary/aromatic N) is 2. The van der Waals surface area contributed by atoms with Gasteiger partial charge in [0, 0.05) is 49.8 Å². The van der Waals surface area contributed by atoms with Crippen LogP contribution in [0.5, 0.6) is 0 Å². The van der Waals surface area contributed by atoms with E-state index >= 15 is 0 Å². The summed E-state index contributed by atoms with van der Waals surface area (Å²) in [6.07, 6.45) is 19.5. The van der Waals surface area contributed by atoms with Crippen molar-refractivity contribution in [2.75, 3.05) is 78.2 Å². The molecule has 0 aliphatic rings. The number of ether oxygens (including phenoxy) is 4. The van der Waals surface area contributed by atoms with Gasteiger partial charge in [0.15, 0.2) is 0 Å². The predicted molar refractivity (Wildman–Crippen MR) is 202 cm³/mol. The van der Waals surface area contributed by atoms with E-state index in [1.807, 2.05) is 31.1 Å². The molecule has 0 fully saturated rings. The molecule has 0 aromatic carbocycles. The molecule has 0 unspecified atom stereocenters. The van der Waals surface area contributed by atoms with Crippen LogP contribution in [-0.2, 0) is 28.5 Å². The summed E-state index contributed by atoms with van der Waals surface area (Å²) in [6.45, 7) is 7.70. The third-order valence-corrected chi connectivity index (χ3v) is 9.39. The van der Waals surface area contributed by atoms with Crippen LogP contribution in [0, 0.1) is 0 Å². The maximum Gasteiger partial charge on any atom is 0.409 e. The Labute approximate surface area is 304 Å². The molecule has 0 aromatic heterocycles. The lowest BCUT2D eigenvalue weighted by Gasteiger charge is -2.22. The van der Waals surface area contributed by atoms with Crippen molar-refractivity contribution in [1.29, 1.82) is 0 Å². The summed E-state index contributed by atoms with van der Waals surface area (Å²) >= 11 is 0. The first kappa shape index (κ1) is 46.6. The van der Waals surface area contributed by atoms with Crippen LogP contribution in [0.25, 0.3) is 0 Å². The minimum Gasteiger partial charge on any atom is -0.463 e. The summed E-state index contributed by atoms with van der Waals surface area (Å²) in [7, 11) is 6.97. The molecule has 0 aromatic rings. The van der Waals surface area contributed by atoms with E-state index in [4.69, 9.17) is 18.9 Å². The number of amides is 2. The number of carbonyl (C=O) groups is 4. The molecule has 0 atom stereocenters. The maximum absolute atomic E-state index is 12.9. The largest absolute Gasteiger partial charge is 0.463 e. The molecular weight excluding hydrogens is 667 g/mol. The first-order chi connectivity index (χ1) is 23.8. The number of alkyl carbamates (subject to hydrolysis) is 1. The van der Waals surface area contributed by atoms with Gasteiger partial charge in [-0.15, -0.1) is 0 Å². The minimum atomic E-state index is -0.423. The molecule has 0 bridgehead atoms. The summed E-state index contributed by atoms with van der Waals surface area (Å²) in [4.78, 5) is 52.1. The predicted octanol–water partition coefficient (Wildman–Crippen LogP) is 7.79. The van der Waals surface area contributed by atoms with Gasteiger partial charge in [-0.1, -0.05) is 86.1 Å². The molecule has 284 valence electrons. The number of nitrogens with one attached hydrogen (secondary N) is 1. The number of esters is 2. The fourth-order valence-electron chi connectivity index (χ4n) is 4.26. The summed E-state index contributed by atoms with van der Waals surface area (Å²) in [5.41, 5.74) is 0. The highest BCUT2D eigenvalue weighted by Gasteiger charge is 2.15. The Morgan fingerprint density at radius 1 is 0.592 bits per heavy atom. The minimum absolute atomic E-state index is 0.254. The lowest BCUT2D eigenvalue weighted by Crippen LogP contribution is -2.34. The monoisotopic (exact) mass is 731 g/mol. The van der Waals surface area contributed by atoms with E-state index in [0.29, 0.717) is 76.6 Å². The van der Waals surface area contributed by atoms with Crippen LogP contribution in [0.15, 0.2) is 24.3 Å². The number of hydrogen-bond acceptors (Lipinski definition) is 11. The van der Waals surface area contributed by atoms with Crippen molar-refractivity contribution >= 4 is 45.7 Å². The molecule has 0 spiro atoms. The second-order valence-corrected chi connectivity index (χ2v) is 14.6. The van der Waals surface area contributed by atoms with Gasteiger partial charge in [-0.3, -0.25) is 0 Å². The molecule has 0 radical (unpaired) electrons. The first-order valence-electron chi connectivity index (χ1n) is 18.2. The van der Waals surface area contributed by atoms with Gasteiger partial charge in [-0.2, -0.15) is 0 Å². The van der Waals surface area contributed by atoms with Gasteiger partial charge < -0.3 is 34.1 Å². The molecule has 2 amide bonds. The molecule has 0 rings (SSSR count). The lowest BCUT2D eigenvalue weighted by atomic mass is 10.1. The molecule has 0 heterocycles. The summed E-state index contributed by atoms with van der Waals surface area (Å²) in [6, 6.07) is 0. The van der Waals surface area contributed by atoms with E-state index in [0.717, 1.165) is 32.2 Å². The number of rotatable bonds is 32. The lowest BCUT2D eigenvalue weighted by molar-refractivity contribution is -0.138. The highest BCUT2D eigenvalue weighted by Crippen LogP contribution is 2.20. The smallest absolute Gasteiger partial charge is 0.409 e. The third kappa shape index (κ3) is 33.9. The maximum atomic E-state index is 12.9. The van der Waals surface area contributed by atoms with E-state index in [1.165, 1.54) is 50.7 Å². The SMILES string of the molecule is CCCCCC/C=C\C(=O)OCCCCN(CCCCOC(=O)/C=C\CCCCCC)C(=O)OCCSSCCOC(=O)NCCN(C)C. The average Bonchev–Trinajstić information content (AvgIpc) is 3.07. The summed E-state index contributed by atoms with van der Waals surface area (Å²) in [5, 5.41) is 2.70. The number of hydrogen-bond donors (Lipinski definition) is 1. The van der Waals surface area contributed by atoms with E-state index in [1.54, 1.807) is 26.5 Å². The molecule has 0 aliphatic heterocycles. The van der Waals surface area contributed by atoms with Crippen LogP contribution in [0.3, 0.4) is 0 Å². The summed E-state index contributed by atoms with van der Waals surface area (Å²) in [5.74, 6) is 0.559. The van der Waals surface area contributed by atoms with E-state index in [9.17, 15) is 19.2 Å². The Morgan fingerprint density at radius 2 is 1.10 bits per heavy atom. The standard InChI is InChI=1S/C36H65N3O8S2/c1-5-7-9-11-13-15-21-33(40)44-27-19-17-24-39(25-18-20-28-45-34(41)22-16-14-12-10-8-6-2)36(43)47-30-32-49-48-31-29-46-35(42)37-23-26-38(3)4/h15-16,21-22H,5-14,17-20,23-32H2,1-4H3,(H,37,42)/b21-15-,22-16-. The average molecular weight is 732 g/mol. The van der Waals surface area contributed by atoms with Crippen molar-refractivity contribution in [2.24, 2.45) is 0 Å². The Bertz CT molecular complexity index is 862. The van der Waals surface area contributed by atoms with Gasteiger partial charge in [0.2, 0.25) is 0 Å². The van der Waals surface area contributed by atoms with Gasteiger partial charge in [0.25, 0.3) is 0 Å². The number of likely N-dealkylation sites (N-methyl/N-ethyl adjacent to an activating group) is 1. The normalized spacial score (nSPS) is 11.3. The number of allylic oxidation sites excluding steroid dienone is 2. The van der Waals surface area contributed by atoms with E-state index in [-0.39, 0.29) is 18.5 Å². The Morgan fingerprint density at radius 3 is 1.59 bits per heavy atom. The quantitative estimate of drug-likeness (QED) is 0.0240. The molecule has 0 aliphatic carbocycles. The van der Waals surface area contributed by atoms with Crippen LogP contribution in [0.1, 0.15) is 104 Å². The van der Waals surface area contributed by atoms with E-state index < -0.39 is 12.2 Å². The van der Waals surface area contributed by atoms with Crippen molar-refractivity contribution in [3.8, 4) is 0 Å². The second-order valence-electron chi connectivity index (χ2n) is 11.9. The fourth-order valence-corrected chi connectivity index (χ4v) is 5.91. The molecule has 1 N–H and O–H groups in total. The highest BCUT2D eigenvalue weighted by molar-refractivity contribution is 8.76. The van der Waals surface area contributed by atoms with Crippen molar-refractivity contribution in [2.45, 2.75) is 104 Å². The van der Waals surface area contributed by atoms with Crippen LogP contribution < -0.4 is 5.32 Å². The van der Waals surface area contributed by atoms with Crippen molar-refractivity contribution in [1.82, 2.24) is 15.1 Å². The second kappa shape index (κ2) is 35.4. The van der Waals surface area contributed by atoms with Gasteiger partial charge in [0.05, 0.1) is 13.2 Å². The molecule has 49 heavy (non-hydrogen) atoms. The molecular formula is C36H65N3O8S2. The zero-order chi connectivity index (χ0) is 36.2. The zero-order valence-corrected chi connectivity index (χ0v) is 32.4. The molecule has 11 nitrogen and oxygen atoms in total. The molecule has 0 saturated heterocycles. The zero-order valence-electron chi connectivity index (χ0n) is 30.8. The Balaban J connectivity index is 4.42. The third-order valence-electron chi connectivity index (χ3n) is 7.05. The number of carbonyl (C=O) groups excluding carboxylic acids is 4. The van der Waals surface area contributed by atoms with Crippen molar-refractivity contribution < 1.29 is 38.1 Å². The summed E-state index contributed by atoms with van der Waals surface area (Å²) < 4.78 is 21.3. The first-order valence-corrected chi connectivity index (χ1v) is 20.7. The van der Waals surface area contributed by atoms with Crippen LogP contribution in [0.2, 0.25) is 0 Å². The van der Waals surface area contributed by atoms with Crippen LogP contribution in [-0.4, -0.2) is 112 Å². The van der Waals surface area contributed by atoms with Crippen LogP contribution in [0.4, 0.5) is 9.59 Å². The highest BCUT2D eigenvalue weighted by atomic mass is 33.1. The van der Waals surface area contributed by atoms with Gasteiger partial charge in [0.1, 0.15) is 13.2 Å². The van der Waals surface area contributed by atoms with Gasteiger partial charge in [-0.25, -0.2) is 19.2 Å². The van der Waals surface area contributed by atoms with Crippen molar-refractivity contribution in [3.05, 3.63) is 24.3 Å².